The number of carbonyl (C=O) groups excluding carboxylic acids is 1. The third-order valence-corrected chi connectivity index (χ3v) is 4.24. The van der Waals surface area contributed by atoms with Crippen molar-refractivity contribution >= 4 is 5.91 Å². The van der Waals surface area contributed by atoms with Gasteiger partial charge in [0.05, 0.1) is 18.8 Å². The van der Waals surface area contributed by atoms with E-state index >= 15 is 0 Å². The fourth-order valence-corrected chi connectivity index (χ4v) is 2.98. The van der Waals surface area contributed by atoms with Crippen molar-refractivity contribution in [2.45, 2.75) is 89.3 Å². The van der Waals surface area contributed by atoms with Crippen LogP contribution in [0, 0.1) is 0 Å². The summed E-state index contributed by atoms with van der Waals surface area (Å²) in [6.45, 7) is 3.20. The molecule has 1 fully saturated rings. The summed E-state index contributed by atoms with van der Waals surface area (Å²) in [4.78, 5) is 11.3. The molecule has 0 radical (unpaired) electrons. The highest BCUT2D eigenvalue weighted by Crippen LogP contribution is 2.25. The minimum atomic E-state index is -1.19. The number of amides is 1. The Morgan fingerprint density at radius 3 is 2.27 bits per heavy atom. The van der Waals surface area contributed by atoms with Crippen LogP contribution in [0.2, 0.25) is 0 Å². The molecule has 6 heteroatoms. The highest BCUT2D eigenvalue weighted by Gasteiger charge is 2.44. The zero-order valence-electron chi connectivity index (χ0n) is 13.7. The first-order valence-electron chi connectivity index (χ1n) is 8.40. The van der Waals surface area contributed by atoms with E-state index in [0.717, 1.165) is 12.8 Å². The van der Waals surface area contributed by atoms with Gasteiger partial charge in [0.25, 0.3) is 0 Å². The molecule has 1 amide bonds. The van der Waals surface area contributed by atoms with E-state index in [9.17, 15) is 20.1 Å². The summed E-state index contributed by atoms with van der Waals surface area (Å²) in [7, 11) is 0. The van der Waals surface area contributed by atoms with Crippen LogP contribution in [-0.2, 0) is 9.53 Å². The normalized spacial score (nSPS) is 32.0. The smallest absolute Gasteiger partial charge is 0.217 e. The molecule has 0 bridgehead atoms. The molecule has 0 aromatic heterocycles. The van der Waals surface area contributed by atoms with Gasteiger partial charge in [-0.15, -0.1) is 0 Å². The number of nitrogens with one attached hydrogen (secondary N) is 1. The summed E-state index contributed by atoms with van der Waals surface area (Å²) in [5.41, 5.74) is 0. The monoisotopic (exact) mass is 317 g/mol. The van der Waals surface area contributed by atoms with Crippen molar-refractivity contribution in [2.24, 2.45) is 0 Å². The van der Waals surface area contributed by atoms with Gasteiger partial charge in [0.1, 0.15) is 18.3 Å². The molecule has 22 heavy (non-hydrogen) atoms. The van der Waals surface area contributed by atoms with Crippen molar-refractivity contribution in [3.8, 4) is 0 Å². The molecule has 0 aliphatic carbocycles. The molecule has 1 unspecified atom stereocenters. The number of hydrogen-bond acceptors (Lipinski definition) is 5. The zero-order chi connectivity index (χ0) is 16.5. The van der Waals surface area contributed by atoms with E-state index in [1.165, 1.54) is 32.6 Å². The second-order valence-electron chi connectivity index (χ2n) is 6.16. The summed E-state index contributed by atoms with van der Waals surface area (Å²) in [6, 6.07) is -0.633. The van der Waals surface area contributed by atoms with Gasteiger partial charge in [0, 0.05) is 6.92 Å². The maximum absolute atomic E-state index is 11.3. The summed E-state index contributed by atoms with van der Waals surface area (Å²) < 4.78 is 5.68. The zero-order valence-corrected chi connectivity index (χ0v) is 13.7. The molecule has 130 valence electrons. The number of aliphatic hydroxyl groups is 3. The van der Waals surface area contributed by atoms with Crippen LogP contribution in [0.1, 0.15) is 58.8 Å². The maximum Gasteiger partial charge on any atom is 0.217 e. The number of aliphatic hydroxyl groups excluding tert-OH is 3. The van der Waals surface area contributed by atoms with Crippen LogP contribution in [0.4, 0.5) is 0 Å². The second-order valence-corrected chi connectivity index (χ2v) is 6.16. The molecule has 0 aromatic carbocycles. The van der Waals surface area contributed by atoms with Gasteiger partial charge in [0.15, 0.2) is 0 Å². The van der Waals surface area contributed by atoms with Gasteiger partial charge < -0.3 is 25.4 Å². The van der Waals surface area contributed by atoms with E-state index in [1.54, 1.807) is 0 Å². The number of rotatable bonds is 9. The summed E-state index contributed by atoms with van der Waals surface area (Å²) in [5.74, 6) is -0.268. The van der Waals surface area contributed by atoms with E-state index < -0.39 is 24.4 Å². The largest absolute Gasteiger partial charge is 0.394 e. The van der Waals surface area contributed by atoms with Crippen molar-refractivity contribution < 1.29 is 24.9 Å². The van der Waals surface area contributed by atoms with Crippen LogP contribution >= 0.6 is 0 Å². The standard InChI is InChI=1S/C16H31NO5/c1-3-4-5-6-7-8-9-12-14(17-11(2)19)16(21)15(20)13(10-18)22-12/h12-16,18,20-21H,3-10H2,1-2H3,(H,17,19)/t12?,13-,14+,15-,16-/m1/s1. The lowest BCUT2D eigenvalue weighted by atomic mass is 9.90. The van der Waals surface area contributed by atoms with Crippen molar-refractivity contribution in [3.63, 3.8) is 0 Å². The molecule has 1 heterocycles. The predicted molar refractivity (Wildman–Crippen MR) is 83.4 cm³/mol. The van der Waals surface area contributed by atoms with Gasteiger partial charge in [0.2, 0.25) is 5.91 Å². The van der Waals surface area contributed by atoms with Crippen LogP contribution < -0.4 is 5.32 Å². The van der Waals surface area contributed by atoms with Gasteiger partial charge in [-0.3, -0.25) is 4.79 Å². The highest BCUT2D eigenvalue weighted by atomic mass is 16.5. The van der Waals surface area contributed by atoms with Gasteiger partial charge in [-0.05, 0) is 6.42 Å². The molecule has 1 aliphatic heterocycles. The van der Waals surface area contributed by atoms with Crippen molar-refractivity contribution in [1.82, 2.24) is 5.32 Å². The number of hydrogen-bond donors (Lipinski definition) is 4. The van der Waals surface area contributed by atoms with Gasteiger partial charge in [-0.2, -0.15) is 0 Å². The van der Waals surface area contributed by atoms with E-state index in [4.69, 9.17) is 4.74 Å². The Bertz CT molecular complexity index is 326. The molecule has 0 spiro atoms. The number of ether oxygens (including phenoxy) is 1. The lowest BCUT2D eigenvalue weighted by molar-refractivity contribution is -0.196. The fourth-order valence-electron chi connectivity index (χ4n) is 2.98. The Labute approximate surface area is 132 Å². The maximum atomic E-state index is 11.3. The minimum Gasteiger partial charge on any atom is -0.394 e. The third kappa shape index (κ3) is 5.83. The topological polar surface area (TPSA) is 99.0 Å². The highest BCUT2D eigenvalue weighted by molar-refractivity contribution is 5.73. The Balaban J connectivity index is 2.52. The van der Waals surface area contributed by atoms with E-state index in [0.29, 0.717) is 6.42 Å². The lowest BCUT2D eigenvalue weighted by Crippen LogP contribution is -2.63. The molecule has 1 aliphatic rings. The summed E-state index contributed by atoms with van der Waals surface area (Å²) in [6.07, 6.45) is 4.04. The lowest BCUT2D eigenvalue weighted by Gasteiger charge is -2.42. The molecule has 0 saturated carbocycles. The molecular weight excluding hydrogens is 286 g/mol. The van der Waals surface area contributed by atoms with Crippen LogP contribution in [0.5, 0.6) is 0 Å². The molecule has 4 N–H and O–H groups in total. The van der Waals surface area contributed by atoms with Crippen LogP contribution in [-0.4, -0.2) is 58.3 Å². The quantitative estimate of drug-likeness (QED) is 0.470. The van der Waals surface area contributed by atoms with Gasteiger partial charge >= 0.3 is 0 Å². The second kappa shape index (κ2) is 10.2. The van der Waals surface area contributed by atoms with Crippen molar-refractivity contribution in [2.75, 3.05) is 6.61 Å². The molecule has 1 saturated heterocycles. The molecule has 0 aromatic rings. The molecule has 5 atom stereocenters. The first-order chi connectivity index (χ1) is 10.5. The van der Waals surface area contributed by atoms with Crippen LogP contribution in [0.25, 0.3) is 0 Å². The van der Waals surface area contributed by atoms with E-state index in [2.05, 4.69) is 12.2 Å². The Morgan fingerprint density at radius 2 is 1.68 bits per heavy atom. The van der Waals surface area contributed by atoms with Crippen LogP contribution in [0.3, 0.4) is 0 Å². The Kier molecular flexibility index (Phi) is 8.93. The SMILES string of the molecule is CCCCCCCCC1O[C@H](CO)[C@@H](O)[C@H](O)[C@H]1NC(C)=O. The first-order valence-corrected chi connectivity index (χ1v) is 8.40. The number of unbranched alkanes of at least 4 members (excludes halogenated alkanes) is 5. The van der Waals surface area contributed by atoms with Gasteiger partial charge in [-0.1, -0.05) is 45.4 Å². The van der Waals surface area contributed by atoms with E-state index in [-0.39, 0.29) is 18.6 Å². The van der Waals surface area contributed by atoms with E-state index in [1.807, 2.05) is 0 Å². The van der Waals surface area contributed by atoms with Crippen molar-refractivity contribution in [1.29, 1.82) is 0 Å². The molecule has 1 rings (SSSR count). The first kappa shape index (κ1) is 19.4. The predicted octanol–water partition coefficient (Wildman–Crippen LogP) is 0.723. The van der Waals surface area contributed by atoms with Crippen LogP contribution in [0.15, 0.2) is 0 Å². The van der Waals surface area contributed by atoms with Crippen molar-refractivity contribution in [3.05, 3.63) is 0 Å². The fraction of sp³-hybridized carbons (Fsp3) is 0.938. The molecular formula is C16H31NO5. The third-order valence-electron chi connectivity index (χ3n) is 4.24. The summed E-state index contributed by atoms with van der Waals surface area (Å²) >= 11 is 0. The summed E-state index contributed by atoms with van der Waals surface area (Å²) in [5, 5.41) is 32.0. The Morgan fingerprint density at radius 1 is 1.05 bits per heavy atom. The number of carbonyl (C=O) groups is 1. The average molecular weight is 317 g/mol. The molecule has 6 nitrogen and oxygen atoms in total. The minimum absolute atomic E-state index is 0.268. The average Bonchev–Trinajstić information content (AvgIpc) is 2.49. The Hall–Kier alpha value is -0.690. The van der Waals surface area contributed by atoms with Gasteiger partial charge in [-0.25, -0.2) is 0 Å².